The van der Waals surface area contributed by atoms with Gasteiger partial charge in [-0.1, -0.05) is 12.1 Å². The van der Waals surface area contributed by atoms with Crippen molar-refractivity contribution in [2.24, 2.45) is 0 Å². The fourth-order valence-corrected chi connectivity index (χ4v) is 1.65. The number of aryl methyl sites for hydroxylation is 1. The number of benzene rings is 1. The molecule has 0 saturated carbocycles. The zero-order valence-electron chi connectivity index (χ0n) is 10.1. The second-order valence-electron chi connectivity index (χ2n) is 4.01. The van der Waals surface area contributed by atoms with Crippen molar-refractivity contribution in [2.75, 3.05) is 12.3 Å². The molecular weight excluding hydrogens is 230 g/mol. The van der Waals surface area contributed by atoms with Gasteiger partial charge in [-0.25, -0.2) is 0 Å². The number of nitrogen functional groups attached to an aromatic ring is 1. The van der Waals surface area contributed by atoms with Crippen LogP contribution in [0.2, 0.25) is 0 Å². The molecule has 0 atom stereocenters. The molecule has 96 valence electrons. The maximum atomic E-state index is 9.01. The molecule has 1 aromatic carbocycles. The minimum Gasteiger partial charge on any atom is -0.494 e. The van der Waals surface area contributed by atoms with E-state index >= 15 is 0 Å². The van der Waals surface area contributed by atoms with Crippen molar-refractivity contribution in [1.82, 2.24) is 9.78 Å². The number of hydrogen-bond acceptors (Lipinski definition) is 4. The lowest BCUT2D eigenvalue weighted by Crippen LogP contribution is -2.05. The van der Waals surface area contributed by atoms with Crippen molar-refractivity contribution >= 4 is 5.82 Å². The smallest absolute Gasteiger partial charge is 0.145 e. The molecule has 2 aromatic rings. The number of nitrogens with two attached hydrogens (primary N) is 1. The van der Waals surface area contributed by atoms with Gasteiger partial charge in [0.05, 0.1) is 13.2 Å². The molecule has 0 unspecified atom stereocenters. The van der Waals surface area contributed by atoms with Crippen LogP contribution in [-0.2, 0) is 13.2 Å². The molecule has 0 bridgehead atoms. The number of anilines is 1. The standard InChI is InChI=1S/C13H17N3O2/c14-13-5-7-16(15-13)6-2-8-18-12-4-1-3-11(9-12)10-17/h1,3-5,7,9,17H,2,6,8,10H2,(H2,14,15). The average molecular weight is 247 g/mol. The fraction of sp³-hybridized carbons (Fsp3) is 0.308. The lowest BCUT2D eigenvalue weighted by molar-refractivity contribution is 0.277. The third-order valence-electron chi connectivity index (χ3n) is 2.54. The van der Waals surface area contributed by atoms with Gasteiger partial charge in [0.1, 0.15) is 11.6 Å². The average Bonchev–Trinajstić information content (AvgIpc) is 2.81. The van der Waals surface area contributed by atoms with Crippen LogP contribution in [-0.4, -0.2) is 21.5 Å². The highest BCUT2D eigenvalue weighted by Gasteiger charge is 1.97. The lowest BCUT2D eigenvalue weighted by Gasteiger charge is -2.07. The second kappa shape index (κ2) is 6.07. The monoisotopic (exact) mass is 247 g/mol. The number of ether oxygens (including phenoxy) is 1. The summed E-state index contributed by atoms with van der Waals surface area (Å²) in [6.45, 7) is 1.41. The van der Waals surface area contributed by atoms with E-state index in [0.717, 1.165) is 24.3 Å². The van der Waals surface area contributed by atoms with Gasteiger partial charge in [-0.15, -0.1) is 0 Å². The zero-order chi connectivity index (χ0) is 12.8. The summed E-state index contributed by atoms with van der Waals surface area (Å²) in [4.78, 5) is 0. The minimum atomic E-state index is 0.0315. The number of aromatic nitrogens is 2. The summed E-state index contributed by atoms with van der Waals surface area (Å²) in [6, 6.07) is 9.22. The zero-order valence-corrected chi connectivity index (χ0v) is 10.1. The SMILES string of the molecule is Nc1ccn(CCCOc2cccc(CO)c2)n1. The van der Waals surface area contributed by atoms with Crippen LogP contribution in [0.1, 0.15) is 12.0 Å². The Bertz CT molecular complexity index is 496. The Morgan fingerprint density at radius 1 is 1.33 bits per heavy atom. The topological polar surface area (TPSA) is 73.3 Å². The molecule has 0 aliphatic heterocycles. The summed E-state index contributed by atoms with van der Waals surface area (Å²) in [5, 5.41) is 13.1. The number of hydrogen-bond donors (Lipinski definition) is 2. The van der Waals surface area contributed by atoms with Gasteiger partial charge in [0, 0.05) is 19.2 Å². The van der Waals surface area contributed by atoms with Crippen molar-refractivity contribution in [2.45, 2.75) is 19.6 Å². The van der Waals surface area contributed by atoms with E-state index in [1.807, 2.05) is 30.5 Å². The summed E-state index contributed by atoms with van der Waals surface area (Å²) in [5.41, 5.74) is 6.37. The van der Waals surface area contributed by atoms with Gasteiger partial charge < -0.3 is 15.6 Å². The number of aliphatic hydroxyl groups is 1. The Kier molecular flexibility index (Phi) is 4.20. The molecule has 5 heteroatoms. The van der Waals surface area contributed by atoms with Crippen LogP contribution >= 0.6 is 0 Å². The summed E-state index contributed by atoms with van der Waals surface area (Å²) in [6.07, 6.45) is 2.70. The molecule has 0 aliphatic carbocycles. The first kappa shape index (κ1) is 12.4. The van der Waals surface area contributed by atoms with E-state index in [4.69, 9.17) is 15.6 Å². The molecule has 0 aliphatic rings. The van der Waals surface area contributed by atoms with Crippen molar-refractivity contribution in [3.63, 3.8) is 0 Å². The number of rotatable bonds is 6. The van der Waals surface area contributed by atoms with E-state index in [2.05, 4.69) is 5.10 Å². The van der Waals surface area contributed by atoms with E-state index in [9.17, 15) is 0 Å². The highest BCUT2D eigenvalue weighted by molar-refractivity contribution is 5.28. The second-order valence-corrected chi connectivity index (χ2v) is 4.01. The Hall–Kier alpha value is -2.01. The van der Waals surface area contributed by atoms with Crippen LogP contribution in [0.25, 0.3) is 0 Å². The van der Waals surface area contributed by atoms with Crippen molar-refractivity contribution < 1.29 is 9.84 Å². The predicted molar refractivity (Wildman–Crippen MR) is 69.1 cm³/mol. The quantitative estimate of drug-likeness (QED) is 0.757. The molecule has 0 saturated heterocycles. The van der Waals surface area contributed by atoms with E-state index in [-0.39, 0.29) is 6.61 Å². The first-order valence-corrected chi connectivity index (χ1v) is 5.89. The normalized spacial score (nSPS) is 10.5. The largest absolute Gasteiger partial charge is 0.494 e. The van der Waals surface area contributed by atoms with E-state index in [1.54, 1.807) is 10.7 Å². The van der Waals surface area contributed by atoms with Crippen molar-refractivity contribution in [3.8, 4) is 5.75 Å². The van der Waals surface area contributed by atoms with Gasteiger partial charge in [-0.05, 0) is 23.8 Å². The van der Waals surface area contributed by atoms with Gasteiger partial charge in [-0.3, -0.25) is 4.68 Å². The van der Waals surface area contributed by atoms with Crippen LogP contribution in [0, 0.1) is 0 Å². The predicted octanol–water partition coefficient (Wildman–Crippen LogP) is 1.43. The Morgan fingerprint density at radius 3 is 2.94 bits per heavy atom. The molecule has 1 aromatic heterocycles. The molecule has 2 rings (SSSR count). The summed E-state index contributed by atoms with van der Waals surface area (Å²) >= 11 is 0. The maximum absolute atomic E-state index is 9.01. The van der Waals surface area contributed by atoms with Crippen LogP contribution in [0.4, 0.5) is 5.82 Å². The fourth-order valence-electron chi connectivity index (χ4n) is 1.65. The molecule has 0 spiro atoms. The molecule has 18 heavy (non-hydrogen) atoms. The van der Waals surface area contributed by atoms with Gasteiger partial charge >= 0.3 is 0 Å². The highest BCUT2D eigenvalue weighted by Crippen LogP contribution is 2.13. The maximum Gasteiger partial charge on any atom is 0.145 e. The van der Waals surface area contributed by atoms with E-state index in [0.29, 0.717) is 12.4 Å². The van der Waals surface area contributed by atoms with Crippen LogP contribution in [0.5, 0.6) is 5.75 Å². The highest BCUT2D eigenvalue weighted by atomic mass is 16.5. The molecule has 1 heterocycles. The molecular formula is C13H17N3O2. The molecule has 0 radical (unpaired) electrons. The van der Waals surface area contributed by atoms with Crippen LogP contribution in [0.3, 0.4) is 0 Å². The Labute approximate surface area is 106 Å². The van der Waals surface area contributed by atoms with Crippen LogP contribution in [0.15, 0.2) is 36.5 Å². The molecule has 0 amide bonds. The molecule has 3 N–H and O–H groups in total. The van der Waals surface area contributed by atoms with E-state index < -0.39 is 0 Å². The minimum absolute atomic E-state index is 0.0315. The first-order chi connectivity index (χ1) is 8.78. The van der Waals surface area contributed by atoms with Gasteiger partial charge in [-0.2, -0.15) is 5.10 Å². The molecule has 0 fully saturated rings. The first-order valence-electron chi connectivity index (χ1n) is 5.89. The molecule has 5 nitrogen and oxygen atoms in total. The lowest BCUT2D eigenvalue weighted by atomic mass is 10.2. The summed E-state index contributed by atoms with van der Waals surface area (Å²) in [5.74, 6) is 1.31. The Morgan fingerprint density at radius 2 is 2.22 bits per heavy atom. The van der Waals surface area contributed by atoms with Crippen molar-refractivity contribution in [1.29, 1.82) is 0 Å². The number of nitrogens with zero attached hydrogens (tertiary/aromatic N) is 2. The third kappa shape index (κ3) is 3.49. The third-order valence-corrected chi connectivity index (χ3v) is 2.54. The van der Waals surface area contributed by atoms with E-state index in [1.165, 1.54) is 0 Å². The van der Waals surface area contributed by atoms with Crippen molar-refractivity contribution in [3.05, 3.63) is 42.1 Å². The number of aliphatic hydroxyl groups excluding tert-OH is 1. The van der Waals surface area contributed by atoms with Gasteiger partial charge in [0.15, 0.2) is 0 Å². The summed E-state index contributed by atoms with van der Waals surface area (Å²) < 4.78 is 7.39. The Balaban J connectivity index is 1.74. The van der Waals surface area contributed by atoms with Gasteiger partial charge in [0.25, 0.3) is 0 Å². The summed E-state index contributed by atoms with van der Waals surface area (Å²) in [7, 11) is 0. The van der Waals surface area contributed by atoms with Crippen LogP contribution < -0.4 is 10.5 Å². The van der Waals surface area contributed by atoms with Gasteiger partial charge in [0.2, 0.25) is 0 Å².